The summed E-state index contributed by atoms with van der Waals surface area (Å²) in [6.07, 6.45) is 3.33. The van der Waals surface area contributed by atoms with E-state index >= 15 is 0 Å². The molecule has 1 aromatic carbocycles. The molecular formula is C18H17ClN4O2. The van der Waals surface area contributed by atoms with Crippen molar-refractivity contribution in [3.8, 4) is 0 Å². The third-order valence-corrected chi connectivity index (χ3v) is 4.93. The van der Waals surface area contributed by atoms with E-state index in [0.717, 1.165) is 24.0 Å². The molecule has 0 radical (unpaired) electrons. The number of fused-ring (bicyclic) bond motifs is 1. The van der Waals surface area contributed by atoms with Crippen LogP contribution in [0.5, 0.6) is 0 Å². The minimum atomic E-state index is -0.983. The minimum absolute atomic E-state index is 0.215. The summed E-state index contributed by atoms with van der Waals surface area (Å²) in [6, 6.07) is 9.72. The summed E-state index contributed by atoms with van der Waals surface area (Å²) < 4.78 is 1.67. The first kappa shape index (κ1) is 15.9. The van der Waals surface area contributed by atoms with Crippen LogP contribution >= 0.6 is 11.6 Å². The Hall–Kier alpha value is -2.60. The van der Waals surface area contributed by atoms with E-state index < -0.39 is 5.97 Å². The molecule has 2 aromatic heterocycles. The highest BCUT2D eigenvalue weighted by Gasteiger charge is 2.33. The summed E-state index contributed by atoms with van der Waals surface area (Å²) >= 11 is 6.52. The topological polar surface area (TPSA) is 94.0 Å². The standard InChI is InChI=1S/C18H17ClN4O2/c19-13(10-4-2-1-3-5-10)9-23-17-15(16(20)22-23)14(11-6-7-11)12(8-21-17)18(24)25/h1-5,8,11,13H,6-7,9H2,(H2,20,22)(H,24,25). The highest BCUT2D eigenvalue weighted by Crippen LogP contribution is 2.46. The van der Waals surface area contributed by atoms with Crippen LogP contribution in [0.4, 0.5) is 5.82 Å². The van der Waals surface area contributed by atoms with Gasteiger partial charge in [0.05, 0.1) is 22.9 Å². The number of nitrogens with zero attached hydrogens (tertiary/aromatic N) is 3. The lowest BCUT2D eigenvalue weighted by molar-refractivity contribution is 0.0695. The van der Waals surface area contributed by atoms with Crippen molar-refractivity contribution in [3.63, 3.8) is 0 Å². The number of alkyl halides is 1. The van der Waals surface area contributed by atoms with Crippen molar-refractivity contribution in [3.05, 3.63) is 53.2 Å². The summed E-state index contributed by atoms with van der Waals surface area (Å²) in [4.78, 5) is 15.9. The van der Waals surface area contributed by atoms with E-state index in [1.807, 2.05) is 30.3 Å². The van der Waals surface area contributed by atoms with Gasteiger partial charge in [0.2, 0.25) is 0 Å². The average molecular weight is 357 g/mol. The third kappa shape index (κ3) is 2.82. The van der Waals surface area contributed by atoms with Crippen LogP contribution in [-0.2, 0) is 6.54 Å². The molecular weight excluding hydrogens is 340 g/mol. The molecule has 0 bridgehead atoms. The predicted octanol–water partition coefficient (Wildman–Crippen LogP) is 3.57. The van der Waals surface area contributed by atoms with Gasteiger partial charge in [-0.2, -0.15) is 5.10 Å². The minimum Gasteiger partial charge on any atom is -0.478 e. The fourth-order valence-electron chi connectivity index (χ4n) is 3.20. The summed E-state index contributed by atoms with van der Waals surface area (Å²) in [5.74, 6) is -0.454. The number of aromatic carboxylic acids is 1. The molecule has 7 heteroatoms. The van der Waals surface area contributed by atoms with Crippen LogP contribution in [0.25, 0.3) is 11.0 Å². The second kappa shape index (κ2) is 6.04. The molecule has 1 saturated carbocycles. The van der Waals surface area contributed by atoms with Crippen LogP contribution in [0, 0.1) is 0 Å². The van der Waals surface area contributed by atoms with Gasteiger partial charge >= 0.3 is 5.97 Å². The SMILES string of the molecule is Nc1nn(CC(Cl)c2ccccc2)c2ncc(C(=O)O)c(C3CC3)c12. The highest BCUT2D eigenvalue weighted by molar-refractivity contribution is 6.20. The van der Waals surface area contributed by atoms with E-state index in [9.17, 15) is 9.90 Å². The maximum absolute atomic E-state index is 11.5. The van der Waals surface area contributed by atoms with Crippen molar-refractivity contribution in [2.45, 2.75) is 30.7 Å². The van der Waals surface area contributed by atoms with Crippen LogP contribution < -0.4 is 5.73 Å². The number of aromatic nitrogens is 3. The number of anilines is 1. The molecule has 4 rings (SSSR count). The summed E-state index contributed by atoms with van der Waals surface area (Å²) in [6.45, 7) is 0.406. The molecule has 0 aliphatic heterocycles. The molecule has 3 N–H and O–H groups in total. The number of nitrogen functional groups attached to an aromatic ring is 1. The number of hydrogen-bond donors (Lipinski definition) is 2. The molecule has 128 valence electrons. The molecule has 0 saturated heterocycles. The van der Waals surface area contributed by atoms with Gasteiger partial charge in [0.1, 0.15) is 0 Å². The molecule has 1 aliphatic carbocycles. The molecule has 1 aliphatic rings. The van der Waals surface area contributed by atoms with E-state index in [1.54, 1.807) is 4.68 Å². The molecule has 1 fully saturated rings. The maximum atomic E-state index is 11.5. The first-order chi connectivity index (χ1) is 12.1. The fourth-order valence-corrected chi connectivity index (χ4v) is 3.48. The number of nitrogens with two attached hydrogens (primary N) is 1. The molecule has 0 spiro atoms. The quantitative estimate of drug-likeness (QED) is 0.681. The Morgan fingerprint density at radius 1 is 1.36 bits per heavy atom. The summed E-state index contributed by atoms with van der Waals surface area (Å²) in [7, 11) is 0. The Bertz CT molecular complexity index is 951. The Kier molecular flexibility index (Phi) is 3.84. The third-order valence-electron chi connectivity index (χ3n) is 4.54. The van der Waals surface area contributed by atoms with Gasteiger partial charge in [-0.15, -0.1) is 11.6 Å². The van der Waals surface area contributed by atoms with Crippen LogP contribution in [0.3, 0.4) is 0 Å². The van der Waals surface area contributed by atoms with E-state index in [0.29, 0.717) is 23.4 Å². The number of benzene rings is 1. The van der Waals surface area contributed by atoms with Gasteiger partial charge < -0.3 is 10.8 Å². The number of hydrogen-bond acceptors (Lipinski definition) is 4. The van der Waals surface area contributed by atoms with Gasteiger partial charge in [0.25, 0.3) is 0 Å². The molecule has 6 nitrogen and oxygen atoms in total. The van der Waals surface area contributed by atoms with Crippen LogP contribution in [0.2, 0.25) is 0 Å². The zero-order valence-corrected chi connectivity index (χ0v) is 14.1. The lowest BCUT2D eigenvalue weighted by Crippen LogP contribution is -2.08. The summed E-state index contributed by atoms with van der Waals surface area (Å²) in [5, 5.41) is 14.2. The molecule has 0 amide bonds. The Labute approximate surface area is 149 Å². The van der Waals surface area contributed by atoms with Crippen molar-refractivity contribution in [2.75, 3.05) is 5.73 Å². The largest absolute Gasteiger partial charge is 0.478 e. The molecule has 3 aromatic rings. The van der Waals surface area contributed by atoms with Gasteiger partial charge in [0, 0.05) is 6.20 Å². The van der Waals surface area contributed by atoms with Crippen LogP contribution in [0.1, 0.15) is 45.6 Å². The number of pyridine rings is 1. The monoisotopic (exact) mass is 356 g/mol. The van der Waals surface area contributed by atoms with Crippen molar-refractivity contribution in [1.29, 1.82) is 0 Å². The van der Waals surface area contributed by atoms with E-state index in [-0.39, 0.29) is 16.9 Å². The first-order valence-electron chi connectivity index (χ1n) is 8.13. The normalized spacial score (nSPS) is 15.4. The fraction of sp³-hybridized carbons (Fsp3) is 0.278. The molecule has 25 heavy (non-hydrogen) atoms. The van der Waals surface area contributed by atoms with Crippen molar-refractivity contribution in [2.24, 2.45) is 0 Å². The number of carbonyl (C=O) groups is 1. The number of halogens is 1. The lowest BCUT2D eigenvalue weighted by atomic mass is 10.0. The van der Waals surface area contributed by atoms with Crippen molar-refractivity contribution in [1.82, 2.24) is 14.8 Å². The number of carboxylic acids is 1. The van der Waals surface area contributed by atoms with Gasteiger partial charge in [-0.3, -0.25) is 0 Å². The molecule has 1 unspecified atom stereocenters. The Morgan fingerprint density at radius 2 is 2.08 bits per heavy atom. The van der Waals surface area contributed by atoms with E-state index in [4.69, 9.17) is 17.3 Å². The Morgan fingerprint density at radius 3 is 2.72 bits per heavy atom. The zero-order valence-electron chi connectivity index (χ0n) is 13.4. The highest BCUT2D eigenvalue weighted by atomic mass is 35.5. The van der Waals surface area contributed by atoms with Crippen molar-refractivity contribution < 1.29 is 9.90 Å². The van der Waals surface area contributed by atoms with Crippen LogP contribution in [-0.4, -0.2) is 25.8 Å². The van der Waals surface area contributed by atoms with Gasteiger partial charge in [-0.25, -0.2) is 14.5 Å². The lowest BCUT2D eigenvalue weighted by Gasteiger charge is -2.11. The smallest absolute Gasteiger partial charge is 0.337 e. The molecule has 1 atom stereocenters. The maximum Gasteiger partial charge on any atom is 0.337 e. The first-order valence-corrected chi connectivity index (χ1v) is 8.57. The second-order valence-corrected chi connectivity index (χ2v) is 6.84. The number of carboxylic acid groups (broad SMARTS) is 1. The van der Waals surface area contributed by atoms with Crippen LogP contribution in [0.15, 0.2) is 36.5 Å². The van der Waals surface area contributed by atoms with Gasteiger partial charge in [-0.05, 0) is 29.9 Å². The van der Waals surface area contributed by atoms with E-state index in [2.05, 4.69) is 10.1 Å². The Balaban J connectivity index is 1.79. The predicted molar refractivity (Wildman–Crippen MR) is 95.9 cm³/mol. The van der Waals surface area contributed by atoms with Gasteiger partial charge in [-0.1, -0.05) is 30.3 Å². The van der Waals surface area contributed by atoms with E-state index in [1.165, 1.54) is 6.20 Å². The average Bonchev–Trinajstić information content (AvgIpc) is 3.40. The van der Waals surface area contributed by atoms with Gasteiger partial charge in [0.15, 0.2) is 11.5 Å². The molecule has 2 heterocycles. The number of rotatable bonds is 5. The second-order valence-electron chi connectivity index (χ2n) is 6.31. The summed E-state index contributed by atoms with van der Waals surface area (Å²) in [5.41, 5.74) is 8.66. The van der Waals surface area contributed by atoms with Crippen molar-refractivity contribution >= 4 is 34.4 Å². The zero-order chi connectivity index (χ0) is 17.6.